The van der Waals surface area contributed by atoms with Crippen LogP contribution in [-0.2, 0) is 9.47 Å². The molecule has 13 heavy (non-hydrogen) atoms. The highest BCUT2D eigenvalue weighted by Crippen LogP contribution is 2.36. The number of rotatable bonds is 2. The molecule has 0 saturated carbocycles. The second-order valence-electron chi connectivity index (χ2n) is 4.26. The van der Waals surface area contributed by atoms with E-state index in [1.165, 1.54) is 0 Å². The summed E-state index contributed by atoms with van der Waals surface area (Å²) in [6, 6.07) is 0. The van der Waals surface area contributed by atoms with Crippen molar-refractivity contribution < 1.29 is 9.47 Å². The van der Waals surface area contributed by atoms with Crippen molar-refractivity contribution in [1.82, 2.24) is 0 Å². The van der Waals surface area contributed by atoms with Gasteiger partial charge in [0.05, 0.1) is 6.10 Å². The van der Waals surface area contributed by atoms with Crippen molar-refractivity contribution in [3.05, 3.63) is 0 Å². The van der Waals surface area contributed by atoms with Gasteiger partial charge in [0.2, 0.25) is 0 Å². The van der Waals surface area contributed by atoms with Crippen LogP contribution in [0.1, 0.15) is 34.1 Å². The molecule has 0 N–H and O–H groups in total. The van der Waals surface area contributed by atoms with Crippen molar-refractivity contribution in [2.45, 2.75) is 46.5 Å². The van der Waals surface area contributed by atoms with Gasteiger partial charge in [0.25, 0.3) is 0 Å². The van der Waals surface area contributed by atoms with Crippen LogP contribution >= 0.6 is 0 Å². The smallest absolute Gasteiger partial charge is 0.160 e. The number of hydrogen-bond acceptors (Lipinski definition) is 2. The van der Waals surface area contributed by atoms with Gasteiger partial charge in [0.1, 0.15) is 0 Å². The molecule has 0 amide bonds. The maximum Gasteiger partial charge on any atom is 0.160 e. The van der Waals surface area contributed by atoms with Gasteiger partial charge in [-0.05, 0) is 18.3 Å². The average molecular weight is 186 g/mol. The minimum Gasteiger partial charge on any atom is -0.356 e. The fourth-order valence-electron chi connectivity index (χ4n) is 2.22. The van der Waals surface area contributed by atoms with E-state index in [-0.39, 0.29) is 6.29 Å². The van der Waals surface area contributed by atoms with Crippen molar-refractivity contribution in [3.63, 3.8) is 0 Å². The van der Waals surface area contributed by atoms with Gasteiger partial charge in [-0.3, -0.25) is 0 Å². The highest BCUT2D eigenvalue weighted by atomic mass is 16.7. The van der Waals surface area contributed by atoms with Crippen LogP contribution in [0.25, 0.3) is 0 Å². The average Bonchev–Trinajstić information content (AvgIpc) is 2.15. The van der Waals surface area contributed by atoms with Crippen molar-refractivity contribution in [2.24, 2.45) is 17.8 Å². The maximum absolute atomic E-state index is 5.86. The number of hydrogen-bond donors (Lipinski definition) is 0. The van der Waals surface area contributed by atoms with Crippen LogP contribution in [0.4, 0.5) is 0 Å². The lowest BCUT2D eigenvalue weighted by Crippen LogP contribution is -2.45. The number of methoxy groups -OCH3 is 1. The molecule has 2 unspecified atom stereocenters. The Kier molecular flexibility index (Phi) is 3.74. The monoisotopic (exact) mass is 186 g/mol. The van der Waals surface area contributed by atoms with E-state index < -0.39 is 0 Å². The van der Waals surface area contributed by atoms with Gasteiger partial charge in [0, 0.05) is 13.0 Å². The molecular formula is C11H22O2. The molecule has 78 valence electrons. The zero-order valence-corrected chi connectivity index (χ0v) is 9.41. The molecule has 0 aromatic rings. The molecule has 0 bridgehead atoms. The molecule has 1 heterocycles. The Labute approximate surface area is 81.6 Å². The van der Waals surface area contributed by atoms with Crippen LogP contribution < -0.4 is 0 Å². The van der Waals surface area contributed by atoms with Crippen LogP contribution in [0.5, 0.6) is 0 Å². The summed E-state index contributed by atoms with van der Waals surface area (Å²) in [6.45, 7) is 8.96. The molecule has 0 spiro atoms. The van der Waals surface area contributed by atoms with Crippen molar-refractivity contribution >= 4 is 0 Å². The lowest BCUT2D eigenvalue weighted by Gasteiger charge is -2.42. The molecule has 1 rings (SSSR count). The zero-order chi connectivity index (χ0) is 10.0. The van der Waals surface area contributed by atoms with Crippen LogP contribution in [0.3, 0.4) is 0 Å². The Morgan fingerprint density at radius 2 is 1.69 bits per heavy atom. The third-order valence-electron chi connectivity index (χ3n) is 3.62. The topological polar surface area (TPSA) is 18.5 Å². The Morgan fingerprint density at radius 1 is 1.08 bits per heavy atom. The molecule has 1 saturated heterocycles. The van der Waals surface area contributed by atoms with Crippen LogP contribution in [0, 0.1) is 17.8 Å². The minimum atomic E-state index is -0.00356. The molecular weight excluding hydrogens is 164 g/mol. The molecule has 5 atom stereocenters. The summed E-state index contributed by atoms with van der Waals surface area (Å²) in [6.07, 6.45) is 1.45. The molecule has 1 aliphatic heterocycles. The second kappa shape index (κ2) is 4.43. The normalized spacial score (nSPS) is 46.4. The van der Waals surface area contributed by atoms with Crippen LogP contribution in [-0.4, -0.2) is 19.5 Å². The lowest BCUT2D eigenvalue weighted by molar-refractivity contribution is -0.237. The van der Waals surface area contributed by atoms with Crippen molar-refractivity contribution in [3.8, 4) is 0 Å². The summed E-state index contributed by atoms with van der Waals surface area (Å²) in [5, 5.41) is 0. The Hall–Kier alpha value is -0.0800. The summed E-state index contributed by atoms with van der Waals surface area (Å²) in [5.41, 5.74) is 0. The molecule has 0 aromatic carbocycles. The van der Waals surface area contributed by atoms with Crippen LogP contribution in [0.2, 0.25) is 0 Å². The van der Waals surface area contributed by atoms with E-state index in [2.05, 4.69) is 27.7 Å². The summed E-state index contributed by atoms with van der Waals surface area (Å²) in [5.74, 6) is 1.83. The predicted molar refractivity (Wildman–Crippen MR) is 53.5 cm³/mol. The van der Waals surface area contributed by atoms with Gasteiger partial charge < -0.3 is 9.47 Å². The SMILES string of the molecule is CCC1O[C@H](OC)C(C)[C@@H](C)[C@@H]1C. The van der Waals surface area contributed by atoms with E-state index in [1.54, 1.807) is 7.11 Å². The van der Waals surface area contributed by atoms with Crippen LogP contribution in [0.15, 0.2) is 0 Å². The van der Waals surface area contributed by atoms with Gasteiger partial charge in [-0.2, -0.15) is 0 Å². The van der Waals surface area contributed by atoms with Gasteiger partial charge in [-0.15, -0.1) is 0 Å². The summed E-state index contributed by atoms with van der Waals surface area (Å²) in [4.78, 5) is 0. The molecule has 2 heteroatoms. The first-order valence-corrected chi connectivity index (χ1v) is 5.30. The Balaban J connectivity index is 2.66. The first-order chi connectivity index (χ1) is 6.11. The minimum absolute atomic E-state index is 0.00356. The molecule has 0 aliphatic carbocycles. The molecule has 0 aromatic heterocycles. The van der Waals surface area contributed by atoms with Gasteiger partial charge in [-0.25, -0.2) is 0 Å². The van der Waals surface area contributed by atoms with Gasteiger partial charge >= 0.3 is 0 Å². The third kappa shape index (κ3) is 2.05. The fraction of sp³-hybridized carbons (Fsp3) is 1.00. The van der Waals surface area contributed by atoms with E-state index >= 15 is 0 Å². The molecule has 2 nitrogen and oxygen atoms in total. The largest absolute Gasteiger partial charge is 0.356 e. The van der Waals surface area contributed by atoms with Crippen molar-refractivity contribution in [1.29, 1.82) is 0 Å². The Morgan fingerprint density at radius 3 is 2.15 bits per heavy atom. The Bertz CT molecular complexity index is 138. The van der Waals surface area contributed by atoms with E-state index in [1.807, 2.05) is 0 Å². The summed E-state index contributed by atoms with van der Waals surface area (Å²) >= 11 is 0. The van der Waals surface area contributed by atoms with Gasteiger partial charge in [-0.1, -0.05) is 27.7 Å². The summed E-state index contributed by atoms with van der Waals surface area (Å²) in [7, 11) is 1.73. The second-order valence-corrected chi connectivity index (χ2v) is 4.26. The standard InChI is InChI=1S/C11H22O2/c1-6-10-8(3)7(2)9(4)11(12-5)13-10/h7-11H,6H2,1-5H3/t7-,8-,9?,10?,11-/m0/s1. The van der Waals surface area contributed by atoms with Crippen molar-refractivity contribution in [2.75, 3.05) is 7.11 Å². The van der Waals surface area contributed by atoms with E-state index in [0.29, 0.717) is 23.9 Å². The highest BCUT2D eigenvalue weighted by Gasteiger charge is 2.38. The third-order valence-corrected chi connectivity index (χ3v) is 3.62. The quantitative estimate of drug-likeness (QED) is 0.660. The maximum atomic E-state index is 5.86. The molecule has 1 aliphatic rings. The highest BCUT2D eigenvalue weighted by molar-refractivity contribution is 4.81. The van der Waals surface area contributed by atoms with Gasteiger partial charge in [0.15, 0.2) is 6.29 Å². The van der Waals surface area contributed by atoms with E-state index in [9.17, 15) is 0 Å². The van der Waals surface area contributed by atoms with E-state index in [0.717, 1.165) is 6.42 Å². The predicted octanol–water partition coefficient (Wildman–Crippen LogP) is 2.68. The first-order valence-electron chi connectivity index (χ1n) is 5.30. The molecule has 1 fully saturated rings. The summed E-state index contributed by atoms with van der Waals surface area (Å²) < 4.78 is 11.2. The molecule has 0 radical (unpaired) electrons. The number of ether oxygens (including phenoxy) is 2. The first kappa shape index (κ1) is 11.0. The van der Waals surface area contributed by atoms with E-state index in [4.69, 9.17) is 9.47 Å². The fourth-order valence-corrected chi connectivity index (χ4v) is 2.22. The zero-order valence-electron chi connectivity index (χ0n) is 9.41. The lowest BCUT2D eigenvalue weighted by atomic mass is 9.78.